The molecular formula is C12H17N2O4P. The number of hydrogen-bond acceptors (Lipinski definition) is 3. The van der Waals surface area contributed by atoms with Gasteiger partial charge in [0, 0.05) is 23.6 Å². The van der Waals surface area contributed by atoms with Crippen molar-refractivity contribution < 1.29 is 18.9 Å². The van der Waals surface area contributed by atoms with Crippen LogP contribution in [0.3, 0.4) is 0 Å². The second kappa shape index (κ2) is 5.35. The van der Waals surface area contributed by atoms with E-state index in [0.717, 1.165) is 29.4 Å². The van der Waals surface area contributed by atoms with Gasteiger partial charge in [0.1, 0.15) is 5.75 Å². The van der Waals surface area contributed by atoms with Gasteiger partial charge in [-0.2, -0.15) is 0 Å². The lowest BCUT2D eigenvalue weighted by atomic mass is 10.1. The molecule has 3 N–H and O–H groups in total. The number of phosphoric acid groups is 1. The number of fused-ring (bicyclic) bond motifs is 1. The minimum absolute atomic E-state index is 0.209. The second-order valence-corrected chi connectivity index (χ2v) is 5.79. The Morgan fingerprint density at radius 2 is 2.11 bits per heavy atom. The summed E-state index contributed by atoms with van der Waals surface area (Å²) in [7, 11) is -0.602. The van der Waals surface area contributed by atoms with E-state index in [1.54, 1.807) is 12.1 Å². The van der Waals surface area contributed by atoms with Crippen LogP contribution in [0.25, 0.3) is 10.9 Å². The van der Waals surface area contributed by atoms with Crippen molar-refractivity contribution >= 4 is 18.7 Å². The van der Waals surface area contributed by atoms with Gasteiger partial charge in [0.05, 0.1) is 0 Å². The molecule has 0 spiro atoms. The first-order valence-electron chi connectivity index (χ1n) is 5.85. The molecule has 7 heteroatoms. The van der Waals surface area contributed by atoms with E-state index in [9.17, 15) is 4.57 Å². The van der Waals surface area contributed by atoms with Gasteiger partial charge in [0.2, 0.25) is 0 Å². The molecule has 0 atom stereocenters. The summed E-state index contributed by atoms with van der Waals surface area (Å²) in [6, 6.07) is 5.11. The summed E-state index contributed by atoms with van der Waals surface area (Å²) in [5.74, 6) is 0.209. The Kier molecular flexibility index (Phi) is 3.96. The normalized spacial score (nSPS) is 12.3. The fourth-order valence-electron chi connectivity index (χ4n) is 1.97. The molecule has 104 valence electrons. The van der Waals surface area contributed by atoms with Crippen LogP contribution in [-0.2, 0) is 11.0 Å². The molecule has 0 aliphatic heterocycles. The highest BCUT2D eigenvalue weighted by Crippen LogP contribution is 2.41. The van der Waals surface area contributed by atoms with Crippen LogP contribution >= 0.6 is 7.82 Å². The van der Waals surface area contributed by atoms with E-state index in [1.165, 1.54) is 0 Å². The largest absolute Gasteiger partial charge is 0.524 e. The number of aromatic nitrogens is 1. The zero-order valence-corrected chi connectivity index (χ0v) is 11.7. The third kappa shape index (κ3) is 3.58. The van der Waals surface area contributed by atoms with Crippen molar-refractivity contribution in [2.75, 3.05) is 20.6 Å². The van der Waals surface area contributed by atoms with Gasteiger partial charge in [-0.15, -0.1) is 0 Å². The van der Waals surface area contributed by atoms with Gasteiger partial charge < -0.3 is 14.4 Å². The lowest BCUT2D eigenvalue weighted by Gasteiger charge is -2.11. The Morgan fingerprint density at radius 3 is 2.74 bits per heavy atom. The first kappa shape index (κ1) is 14.1. The van der Waals surface area contributed by atoms with Crippen LogP contribution in [-0.4, -0.2) is 40.3 Å². The number of aromatic amines is 1. The van der Waals surface area contributed by atoms with E-state index in [-0.39, 0.29) is 5.75 Å². The maximum atomic E-state index is 11.0. The number of nitrogens with zero attached hydrogens (tertiary/aromatic N) is 1. The van der Waals surface area contributed by atoms with Crippen molar-refractivity contribution in [2.24, 2.45) is 0 Å². The first-order chi connectivity index (χ1) is 8.87. The van der Waals surface area contributed by atoms with Crippen LogP contribution in [0, 0.1) is 0 Å². The van der Waals surface area contributed by atoms with Crippen LogP contribution in [0.15, 0.2) is 24.4 Å². The molecule has 19 heavy (non-hydrogen) atoms. The van der Waals surface area contributed by atoms with Gasteiger partial charge in [-0.3, -0.25) is 9.79 Å². The maximum Gasteiger partial charge on any atom is 0.524 e. The number of likely N-dealkylation sites (N-methyl/N-ethyl adjacent to an activating group) is 1. The van der Waals surface area contributed by atoms with Gasteiger partial charge in [-0.1, -0.05) is 6.07 Å². The predicted molar refractivity (Wildman–Crippen MR) is 73.2 cm³/mol. The molecule has 0 saturated heterocycles. The summed E-state index contributed by atoms with van der Waals surface area (Å²) >= 11 is 0. The third-order valence-corrected chi connectivity index (χ3v) is 3.23. The summed E-state index contributed by atoms with van der Waals surface area (Å²) in [5.41, 5.74) is 1.78. The molecule has 1 heterocycles. The number of phosphoric ester groups is 1. The molecule has 0 bridgehead atoms. The molecule has 0 unspecified atom stereocenters. The number of rotatable bonds is 5. The van der Waals surface area contributed by atoms with Gasteiger partial charge >= 0.3 is 7.82 Å². The highest BCUT2D eigenvalue weighted by atomic mass is 31.2. The lowest BCUT2D eigenvalue weighted by molar-refractivity contribution is 0.284. The monoisotopic (exact) mass is 287 g/mol. The number of nitrogens with one attached hydrogen (secondary N) is 1. The molecule has 0 saturated carbocycles. The van der Waals surface area contributed by atoms with E-state index in [2.05, 4.69) is 4.98 Å². The Hall–Kier alpha value is -1.33. The standard InChI is InChI=1S/C12H17N2O4P/c1-14(2)7-6-9-8-13-10-4-3-5-11(12(9)10)18-19(15,16)17/h3-5,8,13H,6-7H2,1-2H3,(H2,15,16,17)/i1+1,2+1,7+1. The number of H-pyrrole nitrogens is 1. The van der Waals surface area contributed by atoms with E-state index < -0.39 is 7.82 Å². The SMILES string of the molecule is [13CH3]N([13CH3])[13CH2]Cc1c[nH]c2cccc(OP(=O)(O)O)c12. The van der Waals surface area contributed by atoms with E-state index in [4.69, 9.17) is 14.3 Å². The third-order valence-electron chi connectivity index (χ3n) is 2.79. The molecular weight excluding hydrogens is 270 g/mol. The maximum absolute atomic E-state index is 11.0. The molecule has 0 radical (unpaired) electrons. The Labute approximate surface area is 111 Å². The zero-order valence-electron chi connectivity index (χ0n) is 10.8. The Morgan fingerprint density at radius 1 is 1.37 bits per heavy atom. The van der Waals surface area contributed by atoms with Crippen molar-refractivity contribution in [3.8, 4) is 5.75 Å². The van der Waals surface area contributed by atoms with Crippen LogP contribution in [0.2, 0.25) is 0 Å². The minimum Gasteiger partial charge on any atom is -0.404 e. The minimum atomic E-state index is -4.55. The molecule has 2 aromatic rings. The van der Waals surface area contributed by atoms with Crippen LogP contribution in [0.1, 0.15) is 5.56 Å². The van der Waals surface area contributed by atoms with Crippen LogP contribution in [0.5, 0.6) is 5.75 Å². The molecule has 0 fully saturated rings. The molecule has 0 amide bonds. The summed E-state index contributed by atoms with van der Waals surface area (Å²) in [4.78, 5) is 23.0. The van der Waals surface area contributed by atoms with Crippen molar-refractivity contribution in [3.05, 3.63) is 30.0 Å². The fourth-order valence-corrected chi connectivity index (χ4v) is 2.37. The number of hydrogen-bond donors (Lipinski definition) is 3. The fraction of sp³-hybridized carbons (Fsp3) is 0.333. The Balaban J connectivity index is 2.40. The van der Waals surface area contributed by atoms with Crippen molar-refractivity contribution in [3.63, 3.8) is 0 Å². The average molecular weight is 287 g/mol. The average Bonchev–Trinajstić information content (AvgIpc) is 2.68. The molecule has 2 rings (SSSR count). The van der Waals surface area contributed by atoms with Crippen LogP contribution in [0.4, 0.5) is 0 Å². The predicted octanol–water partition coefficient (Wildman–Crippen LogP) is 1.74. The lowest BCUT2D eigenvalue weighted by Crippen LogP contribution is -2.14. The molecule has 0 aliphatic rings. The van der Waals surface area contributed by atoms with Crippen molar-refractivity contribution in [1.29, 1.82) is 0 Å². The van der Waals surface area contributed by atoms with Gasteiger partial charge in [0.25, 0.3) is 0 Å². The summed E-state index contributed by atoms with van der Waals surface area (Å²) in [6.45, 7) is 0.844. The first-order valence-corrected chi connectivity index (χ1v) is 7.39. The van der Waals surface area contributed by atoms with Gasteiger partial charge in [0.15, 0.2) is 0 Å². The quantitative estimate of drug-likeness (QED) is 0.576. The van der Waals surface area contributed by atoms with Gasteiger partial charge in [-0.25, -0.2) is 4.57 Å². The van der Waals surface area contributed by atoms with Gasteiger partial charge in [-0.05, 0) is 38.2 Å². The summed E-state index contributed by atoms with van der Waals surface area (Å²) in [6.07, 6.45) is 2.62. The van der Waals surface area contributed by atoms with Crippen LogP contribution < -0.4 is 4.52 Å². The number of benzene rings is 1. The molecule has 1 aromatic carbocycles. The Bertz CT molecular complexity index is 617. The summed E-state index contributed by atoms with van der Waals surface area (Å²) < 4.78 is 15.8. The second-order valence-electron chi connectivity index (χ2n) is 4.63. The molecule has 1 aromatic heterocycles. The zero-order chi connectivity index (χ0) is 14.0. The van der Waals surface area contributed by atoms with E-state index in [0.29, 0.717) is 0 Å². The van der Waals surface area contributed by atoms with E-state index in [1.807, 2.05) is 31.3 Å². The molecule has 6 nitrogen and oxygen atoms in total. The highest BCUT2D eigenvalue weighted by Gasteiger charge is 2.19. The van der Waals surface area contributed by atoms with Crippen molar-refractivity contribution in [1.82, 2.24) is 9.88 Å². The topological polar surface area (TPSA) is 85.8 Å². The highest BCUT2D eigenvalue weighted by molar-refractivity contribution is 7.46. The van der Waals surface area contributed by atoms with E-state index >= 15 is 0 Å². The molecule has 0 aliphatic carbocycles. The summed E-state index contributed by atoms with van der Waals surface area (Å²) in [5, 5.41) is 0.729. The smallest absolute Gasteiger partial charge is 0.404 e. The van der Waals surface area contributed by atoms with Crippen molar-refractivity contribution in [2.45, 2.75) is 6.42 Å².